The molecule has 0 saturated carbocycles. The quantitative estimate of drug-likeness (QED) is 0.335. The number of hydrogen-bond donors (Lipinski definition) is 0. The lowest BCUT2D eigenvalue weighted by Crippen LogP contribution is -2.29. The van der Waals surface area contributed by atoms with E-state index in [1.807, 2.05) is 49.4 Å². The normalized spacial score (nSPS) is 16.0. The number of rotatable bonds is 6. The molecule has 36 heavy (non-hydrogen) atoms. The topological polar surface area (TPSA) is 78.2 Å². The highest BCUT2D eigenvalue weighted by molar-refractivity contribution is 6.31. The van der Waals surface area contributed by atoms with Gasteiger partial charge in [-0.1, -0.05) is 36.7 Å². The smallest absolute Gasteiger partial charge is 0.291 e. The van der Waals surface area contributed by atoms with Crippen LogP contribution in [0.4, 0.5) is 0 Å². The van der Waals surface area contributed by atoms with E-state index in [4.69, 9.17) is 30.2 Å². The van der Waals surface area contributed by atoms with E-state index in [1.54, 1.807) is 23.1 Å². The summed E-state index contributed by atoms with van der Waals surface area (Å²) in [6.07, 6.45) is 0.863. The number of halogens is 1. The van der Waals surface area contributed by atoms with Crippen molar-refractivity contribution in [2.75, 3.05) is 13.4 Å². The zero-order valence-corrected chi connectivity index (χ0v) is 20.2. The molecule has 0 spiro atoms. The molecule has 0 bridgehead atoms. The van der Waals surface area contributed by atoms with Crippen LogP contribution in [-0.4, -0.2) is 24.2 Å². The Morgan fingerprint density at radius 2 is 1.89 bits per heavy atom. The van der Waals surface area contributed by atoms with Crippen molar-refractivity contribution >= 4 is 28.5 Å². The molecule has 6 rings (SSSR count). The van der Waals surface area contributed by atoms with Crippen molar-refractivity contribution in [2.24, 2.45) is 0 Å². The number of nitrogens with zero attached hydrogens (tertiary/aromatic N) is 1. The predicted octanol–water partition coefficient (Wildman–Crippen LogP) is 5.71. The Hall–Kier alpha value is -3.97. The van der Waals surface area contributed by atoms with Crippen LogP contribution in [0.15, 0.2) is 69.9 Å². The lowest BCUT2D eigenvalue weighted by molar-refractivity contribution is 0.0714. The second-order valence-corrected chi connectivity index (χ2v) is 9.20. The molecule has 2 aliphatic heterocycles. The molecule has 182 valence electrons. The van der Waals surface area contributed by atoms with Crippen molar-refractivity contribution in [3.8, 4) is 17.2 Å². The van der Waals surface area contributed by atoms with Crippen molar-refractivity contribution in [1.29, 1.82) is 0 Å². The Morgan fingerprint density at radius 3 is 2.75 bits per heavy atom. The molecule has 0 saturated heterocycles. The van der Waals surface area contributed by atoms with Crippen molar-refractivity contribution < 1.29 is 23.4 Å². The van der Waals surface area contributed by atoms with E-state index in [2.05, 4.69) is 0 Å². The Morgan fingerprint density at radius 1 is 1.03 bits per heavy atom. The first-order valence-corrected chi connectivity index (χ1v) is 12.1. The molecule has 3 heterocycles. The molecule has 3 aromatic carbocycles. The molecule has 0 N–H and O–H groups in total. The standard InChI is InChI=1S/C28H22ClNO6/c1-2-10-33-19-5-3-4-17(12-19)25-24-26(31)20-13-18(29)7-9-21(20)36-27(24)28(32)30(25)14-16-6-8-22-23(11-16)35-15-34-22/h3-9,11-13,25H,2,10,14-15H2,1H3. The van der Waals surface area contributed by atoms with Gasteiger partial charge in [0.25, 0.3) is 5.91 Å². The Kier molecular flexibility index (Phi) is 5.57. The van der Waals surface area contributed by atoms with Gasteiger partial charge in [0.2, 0.25) is 12.6 Å². The van der Waals surface area contributed by atoms with Gasteiger partial charge in [-0.25, -0.2) is 0 Å². The number of amides is 1. The summed E-state index contributed by atoms with van der Waals surface area (Å²) >= 11 is 6.18. The van der Waals surface area contributed by atoms with Gasteiger partial charge >= 0.3 is 0 Å². The number of ether oxygens (including phenoxy) is 3. The van der Waals surface area contributed by atoms with Crippen LogP contribution in [-0.2, 0) is 6.54 Å². The molecule has 0 fully saturated rings. The zero-order chi connectivity index (χ0) is 24.8. The van der Waals surface area contributed by atoms with Crippen LogP contribution in [0.5, 0.6) is 17.2 Å². The highest BCUT2D eigenvalue weighted by Gasteiger charge is 2.43. The first kappa shape index (κ1) is 22.5. The largest absolute Gasteiger partial charge is 0.494 e. The number of carbonyl (C=O) groups is 1. The van der Waals surface area contributed by atoms with E-state index >= 15 is 0 Å². The fourth-order valence-electron chi connectivity index (χ4n) is 4.73. The highest BCUT2D eigenvalue weighted by Crippen LogP contribution is 2.41. The number of fused-ring (bicyclic) bond motifs is 3. The van der Waals surface area contributed by atoms with Gasteiger partial charge < -0.3 is 23.5 Å². The molecule has 7 nitrogen and oxygen atoms in total. The molecule has 0 radical (unpaired) electrons. The Balaban J connectivity index is 1.50. The summed E-state index contributed by atoms with van der Waals surface area (Å²) in [6, 6.07) is 17.2. The van der Waals surface area contributed by atoms with Gasteiger partial charge in [-0.2, -0.15) is 0 Å². The first-order valence-electron chi connectivity index (χ1n) is 11.7. The molecule has 2 aliphatic rings. The summed E-state index contributed by atoms with van der Waals surface area (Å²) in [5.74, 6) is 1.64. The minimum atomic E-state index is -0.664. The monoisotopic (exact) mass is 503 g/mol. The maximum Gasteiger partial charge on any atom is 0.291 e. The average molecular weight is 504 g/mol. The zero-order valence-electron chi connectivity index (χ0n) is 19.5. The molecular weight excluding hydrogens is 482 g/mol. The van der Waals surface area contributed by atoms with Crippen molar-refractivity contribution in [3.05, 3.63) is 98.4 Å². The van der Waals surface area contributed by atoms with E-state index in [0.29, 0.717) is 45.4 Å². The molecular formula is C28H22ClNO6. The molecule has 1 unspecified atom stereocenters. The third-order valence-electron chi connectivity index (χ3n) is 6.36. The van der Waals surface area contributed by atoms with E-state index in [9.17, 15) is 9.59 Å². The van der Waals surface area contributed by atoms with Gasteiger partial charge in [-0.15, -0.1) is 0 Å². The number of benzene rings is 3. The maximum atomic E-state index is 13.7. The van der Waals surface area contributed by atoms with Gasteiger partial charge in [0.05, 0.1) is 23.6 Å². The summed E-state index contributed by atoms with van der Waals surface area (Å²) in [7, 11) is 0. The Bertz CT molecular complexity index is 1560. The van der Waals surface area contributed by atoms with E-state index in [-0.39, 0.29) is 30.4 Å². The van der Waals surface area contributed by atoms with Crippen LogP contribution in [0, 0.1) is 0 Å². The summed E-state index contributed by atoms with van der Waals surface area (Å²) in [4.78, 5) is 29.1. The SMILES string of the molecule is CCCOc1cccc(C2c3c(oc4ccc(Cl)cc4c3=O)C(=O)N2Cc2ccc3c(c2)OCO3)c1. The van der Waals surface area contributed by atoms with Gasteiger partial charge in [-0.05, 0) is 60.0 Å². The van der Waals surface area contributed by atoms with Crippen molar-refractivity contribution in [1.82, 2.24) is 4.90 Å². The predicted molar refractivity (Wildman–Crippen MR) is 134 cm³/mol. The van der Waals surface area contributed by atoms with Gasteiger partial charge in [-0.3, -0.25) is 9.59 Å². The Labute approximate surface area is 211 Å². The van der Waals surface area contributed by atoms with Crippen LogP contribution >= 0.6 is 11.6 Å². The maximum absolute atomic E-state index is 13.7. The summed E-state index contributed by atoms with van der Waals surface area (Å²) in [6.45, 7) is 2.99. The fraction of sp³-hybridized carbons (Fsp3) is 0.214. The second kappa shape index (κ2) is 8.91. The molecule has 0 aliphatic carbocycles. The molecule has 4 aromatic rings. The van der Waals surface area contributed by atoms with Crippen LogP contribution < -0.4 is 19.6 Å². The van der Waals surface area contributed by atoms with E-state index in [1.165, 1.54) is 0 Å². The number of hydrogen-bond acceptors (Lipinski definition) is 6. The fourth-order valence-corrected chi connectivity index (χ4v) is 4.90. The summed E-state index contributed by atoms with van der Waals surface area (Å²) in [5, 5.41) is 0.755. The molecule has 1 amide bonds. The molecule has 8 heteroatoms. The van der Waals surface area contributed by atoms with Gasteiger partial charge in [0.1, 0.15) is 11.3 Å². The van der Waals surface area contributed by atoms with Gasteiger partial charge in [0, 0.05) is 11.6 Å². The number of carbonyl (C=O) groups excluding carboxylic acids is 1. The minimum absolute atomic E-state index is 0.0421. The molecule has 1 aromatic heterocycles. The lowest BCUT2D eigenvalue weighted by atomic mass is 9.98. The molecule has 1 atom stereocenters. The first-order chi connectivity index (χ1) is 17.5. The lowest BCUT2D eigenvalue weighted by Gasteiger charge is -2.25. The van der Waals surface area contributed by atoms with Gasteiger partial charge in [0.15, 0.2) is 16.9 Å². The van der Waals surface area contributed by atoms with E-state index in [0.717, 1.165) is 17.5 Å². The third-order valence-corrected chi connectivity index (χ3v) is 6.60. The highest BCUT2D eigenvalue weighted by atomic mass is 35.5. The van der Waals surface area contributed by atoms with Crippen LogP contribution in [0.1, 0.15) is 46.6 Å². The summed E-state index contributed by atoms with van der Waals surface area (Å²) in [5.41, 5.74) is 1.93. The summed E-state index contributed by atoms with van der Waals surface area (Å²) < 4.78 is 22.8. The van der Waals surface area contributed by atoms with E-state index < -0.39 is 6.04 Å². The van der Waals surface area contributed by atoms with Crippen molar-refractivity contribution in [2.45, 2.75) is 25.9 Å². The van der Waals surface area contributed by atoms with Crippen LogP contribution in [0.25, 0.3) is 11.0 Å². The average Bonchev–Trinajstić information content (AvgIpc) is 3.46. The minimum Gasteiger partial charge on any atom is -0.494 e. The second-order valence-electron chi connectivity index (χ2n) is 8.76. The van der Waals surface area contributed by atoms with Crippen molar-refractivity contribution in [3.63, 3.8) is 0 Å². The van der Waals surface area contributed by atoms with Crippen LogP contribution in [0.2, 0.25) is 5.02 Å². The van der Waals surface area contributed by atoms with Crippen LogP contribution in [0.3, 0.4) is 0 Å². The third kappa shape index (κ3) is 3.76.